The van der Waals surface area contributed by atoms with Gasteiger partial charge in [0.25, 0.3) is 6.43 Å². The maximum absolute atomic E-state index is 12.4. The van der Waals surface area contributed by atoms with Gasteiger partial charge in [-0.1, -0.05) is 6.07 Å². The van der Waals surface area contributed by atoms with Crippen molar-refractivity contribution >= 4 is 11.4 Å². The van der Waals surface area contributed by atoms with Crippen molar-refractivity contribution < 1.29 is 8.78 Å². The zero-order valence-corrected chi connectivity index (χ0v) is 9.90. The van der Waals surface area contributed by atoms with Crippen LogP contribution >= 0.6 is 0 Å². The van der Waals surface area contributed by atoms with E-state index in [0.29, 0.717) is 17.9 Å². The number of aromatic nitrogens is 2. The molecular weight excluding hydrogens is 238 g/mol. The number of nitrogens with zero attached hydrogens (tertiary/aromatic N) is 2. The molecule has 1 aromatic carbocycles. The number of anilines is 2. The molecule has 0 aliphatic rings. The van der Waals surface area contributed by atoms with Gasteiger partial charge in [0.05, 0.1) is 23.6 Å². The van der Waals surface area contributed by atoms with Crippen LogP contribution in [0.15, 0.2) is 30.5 Å². The van der Waals surface area contributed by atoms with Crippen LogP contribution < -0.4 is 11.1 Å². The zero-order chi connectivity index (χ0) is 13.1. The number of alkyl halides is 2. The molecule has 3 N–H and O–H groups in total. The number of benzene rings is 1. The van der Waals surface area contributed by atoms with Crippen molar-refractivity contribution in [2.75, 3.05) is 11.1 Å². The SMILES string of the molecule is Cn1ccc(CNc2ccc(C(F)F)cc2N)n1. The van der Waals surface area contributed by atoms with Crippen LogP contribution in [0.3, 0.4) is 0 Å². The van der Waals surface area contributed by atoms with Gasteiger partial charge in [-0.3, -0.25) is 4.68 Å². The summed E-state index contributed by atoms with van der Waals surface area (Å²) < 4.78 is 26.6. The maximum Gasteiger partial charge on any atom is 0.263 e. The Bertz CT molecular complexity index is 537. The Kier molecular flexibility index (Phi) is 3.45. The molecule has 0 spiro atoms. The van der Waals surface area contributed by atoms with Crippen molar-refractivity contribution in [3.63, 3.8) is 0 Å². The van der Waals surface area contributed by atoms with Crippen molar-refractivity contribution in [3.8, 4) is 0 Å². The lowest BCUT2D eigenvalue weighted by atomic mass is 10.2. The van der Waals surface area contributed by atoms with E-state index in [-0.39, 0.29) is 5.56 Å². The van der Waals surface area contributed by atoms with E-state index in [4.69, 9.17) is 5.73 Å². The lowest BCUT2D eigenvalue weighted by molar-refractivity contribution is 0.151. The van der Waals surface area contributed by atoms with Gasteiger partial charge in [-0.15, -0.1) is 0 Å². The van der Waals surface area contributed by atoms with E-state index in [9.17, 15) is 8.78 Å². The molecule has 18 heavy (non-hydrogen) atoms. The van der Waals surface area contributed by atoms with Crippen LogP contribution in [0.1, 0.15) is 17.7 Å². The van der Waals surface area contributed by atoms with Crippen LogP contribution in [-0.4, -0.2) is 9.78 Å². The molecule has 1 heterocycles. The van der Waals surface area contributed by atoms with Crippen molar-refractivity contribution in [1.82, 2.24) is 9.78 Å². The molecule has 0 radical (unpaired) electrons. The number of halogens is 2. The van der Waals surface area contributed by atoms with Gasteiger partial charge < -0.3 is 11.1 Å². The summed E-state index contributed by atoms with van der Waals surface area (Å²) >= 11 is 0. The average molecular weight is 252 g/mol. The molecular formula is C12H14F2N4. The Labute approximate surface area is 103 Å². The molecule has 0 aliphatic heterocycles. The Morgan fingerprint density at radius 3 is 2.72 bits per heavy atom. The van der Waals surface area contributed by atoms with Gasteiger partial charge >= 0.3 is 0 Å². The lowest BCUT2D eigenvalue weighted by Gasteiger charge is -2.09. The largest absolute Gasteiger partial charge is 0.397 e. The number of hydrogen-bond acceptors (Lipinski definition) is 3. The minimum atomic E-state index is -2.50. The van der Waals surface area contributed by atoms with Crippen molar-refractivity contribution in [2.24, 2.45) is 7.05 Å². The number of rotatable bonds is 4. The third-order valence-electron chi connectivity index (χ3n) is 2.56. The summed E-state index contributed by atoms with van der Waals surface area (Å²) in [5, 5.41) is 7.26. The molecule has 0 fully saturated rings. The molecule has 0 amide bonds. The lowest BCUT2D eigenvalue weighted by Crippen LogP contribution is -2.04. The first-order valence-electron chi connectivity index (χ1n) is 5.46. The topological polar surface area (TPSA) is 55.9 Å². The minimum absolute atomic E-state index is 0.0733. The molecule has 6 heteroatoms. The van der Waals surface area contributed by atoms with E-state index in [0.717, 1.165) is 5.69 Å². The normalized spacial score (nSPS) is 10.9. The number of hydrogen-bond donors (Lipinski definition) is 2. The van der Waals surface area contributed by atoms with Crippen LogP contribution in [0.5, 0.6) is 0 Å². The predicted molar refractivity (Wildman–Crippen MR) is 66.3 cm³/mol. The highest BCUT2D eigenvalue weighted by Crippen LogP contribution is 2.26. The molecule has 0 unspecified atom stereocenters. The van der Waals surface area contributed by atoms with E-state index in [1.54, 1.807) is 10.7 Å². The molecule has 0 aliphatic carbocycles. The minimum Gasteiger partial charge on any atom is -0.397 e. The van der Waals surface area contributed by atoms with Gasteiger partial charge in [0.15, 0.2) is 0 Å². The Morgan fingerprint density at radius 2 is 2.17 bits per heavy atom. The molecule has 2 rings (SSSR count). The van der Waals surface area contributed by atoms with Crippen LogP contribution in [0.4, 0.5) is 20.2 Å². The summed E-state index contributed by atoms with van der Waals surface area (Å²) in [6, 6.07) is 6.07. The quantitative estimate of drug-likeness (QED) is 0.822. The van der Waals surface area contributed by atoms with Gasteiger partial charge in [0.2, 0.25) is 0 Å². The van der Waals surface area contributed by atoms with E-state index >= 15 is 0 Å². The van der Waals surface area contributed by atoms with Gasteiger partial charge in [-0.2, -0.15) is 5.10 Å². The maximum atomic E-state index is 12.4. The van der Waals surface area contributed by atoms with Crippen LogP contribution in [0.2, 0.25) is 0 Å². The molecule has 4 nitrogen and oxygen atoms in total. The highest BCUT2D eigenvalue weighted by molar-refractivity contribution is 5.67. The Morgan fingerprint density at radius 1 is 1.39 bits per heavy atom. The summed E-state index contributed by atoms with van der Waals surface area (Å²) in [5.41, 5.74) is 7.43. The third kappa shape index (κ3) is 2.77. The highest BCUT2D eigenvalue weighted by Gasteiger charge is 2.09. The predicted octanol–water partition coefficient (Wildman–Crippen LogP) is 2.55. The molecule has 96 valence electrons. The summed E-state index contributed by atoms with van der Waals surface area (Å²) in [6.07, 6.45) is -0.669. The Balaban J connectivity index is 2.05. The molecule has 0 saturated heterocycles. The number of aryl methyl sites for hydroxylation is 1. The van der Waals surface area contributed by atoms with Crippen molar-refractivity contribution in [1.29, 1.82) is 0 Å². The van der Waals surface area contributed by atoms with Crippen LogP contribution in [-0.2, 0) is 13.6 Å². The standard InChI is InChI=1S/C12H14F2N4/c1-18-5-4-9(17-18)7-16-11-3-2-8(12(13)14)6-10(11)15/h2-6,12,16H,7,15H2,1H3. The van der Waals surface area contributed by atoms with Gasteiger partial charge in [-0.05, 0) is 18.2 Å². The van der Waals surface area contributed by atoms with Gasteiger partial charge in [-0.25, -0.2) is 8.78 Å². The molecule has 2 aromatic rings. The molecule has 0 saturated carbocycles. The molecule has 0 atom stereocenters. The van der Waals surface area contributed by atoms with E-state index < -0.39 is 6.43 Å². The zero-order valence-electron chi connectivity index (χ0n) is 9.90. The van der Waals surface area contributed by atoms with Crippen molar-refractivity contribution in [2.45, 2.75) is 13.0 Å². The molecule has 0 bridgehead atoms. The smallest absolute Gasteiger partial charge is 0.263 e. The first-order valence-corrected chi connectivity index (χ1v) is 5.46. The fraction of sp³-hybridized carbons (Fsp3) is 0.250. The second-order valence-electron chi connectivity index (χ2n) is 3.98. The number of nitrogens with two attached hydrogens (primary N) is 1. The van der Waals surface area contributed by atoms with Crippen LogP contribution in [0.25, 0.3) is 0 Å². The van der Waals surface area contributed by atoms with Gasteiger partial charge in [0, 0.05) is 18.8 Å². The Hall–Kier alpha value is -2.11. The number of nitrogens with one attached hydrogen (secondary N) is 1. The summed E-state index contributed by atoms with van der Waals surface area (Å²) in [5.74, 6) is 0. The van der Waals surface area contributed by atoms with E-state index in [1.165, 1.54) is 12.1 Å². The second kappa shape index (κ2) is 5.03. The monoisotopic (exact) mass is 252 g/mol. The highest BCUT2D eigenvalue weighted by atomic mass is 19.3. The second-order valence-corrected chi connectivity index (χ2v) is 3.98. The molecule has 1 aromatic heterocycles. The summed E-state index contributed by atoms with van der Waals surface area (Å²) in [7, 11) is 1.83. The van der Waals surface area contributed by atoms with Gasteiger partial charge in [0.1, 0.15) is 0 Å². The van der Waals surface area contributed by atoms with Crippen LogP contribution in [0, 0.1) is 0 Å². The first kappa shape index (κ1) is 12.3. The summed E-state index contributed by atoms with van der Waals surface area (Å²) in [6.45, 7) is 0.499. The van der Waals surface area contributed by atoms with E-state index in [2.05, 4.69) is 10.4 Å². The number of nitrogen functional groups attached to an aromatic ring is 1. The third-order valence-corrected chi connectivity index (χ3v) is 2.56. The fourth-order valence-electron chi connectivity index (χ4n) is 1.62. The first-order chi connectivity index (χ1) is 8.56. The fourth-order valence-corrected chi connectivity index (χ4v) is 1.62. The summed E-state index contributed by atoms with van der Waals surface area (Å²) in [4.78, 5) is 0. The van der Waals surface area contributed by atoms with Crippen molar-refractivity contribution in [3.05, 3.63) is 41.7 Å². The average Bonchev–Trinajstić information content (AvgIpc) is 2.73. The van der Waals surface area contributed by atoms with E-state index in [1.807, 2.05) is 19.3 Å².